The molecule has 0 aliphatic carbocycles. The van der Waals surface area contributed by atoms with Crippen molar-refractivity contribution in [1.82, 2.24) is 9.88 Å². The number of aromatic nitrogens is 1. The van der Waals surface area contributed by atoms with Crippen LogP contribution in [0, 0.1) is 5.92 Å². The lowest BCUT2D eigenvalue weighted by atomic mass is 9.99. The lowest BCUT2D eigenvalue weighted by molar-refractivity contribution is -0.121. The Morgan fingerprint density at radius 2 is 2.19 bits per heavy atom. The Bertz CT molecular complexity index is 833. The third-order valence-corrected chi connectivity index (χ3v) is 5.25. The van der Waals surface area contributed by atoms with E-state index < -0.39 is 5.97 Å². The van der Waals surface area contributed by atoms with Gasteiger partial charge in [-0.3, -0.25) is 9.69 Å². The van der Waals surface area contributed by atoms with E-state index in [1.807, 2.05) is 6.92 Å². The maximum absolute atomic E-state index is 12.9. The fourth-order valence-corrected chi connectivity index (χ4v) is 3.69. The van der Waals surface area contributed by atoms with Crippen LogP contribution in [-0.4, -0.2) is 48.0 Å². The molecule has 2 heterocycles. The first-order valence-electron chi connectivity index (χ1n) is 8.85. The molecule has 1 aromatic heterocycles. The molecule has 1 aliphatic heterocycles. The van der Waals surface area contributed by atoms with Gasteiger partial charge in [0.2, 0.25) is 5.91 Å². The highest BCUT2D eigenvalue weighted by molar-refractivity contribution is 6.31. The second-order valence-corrected chi connectivity index (χ2v) is 7.40. The molecule has 1 amide bonds. The van der Waals surface area contributed by atoms with E-state index in [9.17, 15) is 9.59 Å². The van der Waals surface area contributed by atoms with Crippen LogP contribution in [0.25, 0.3) is 10.9 Å². The van der Waals surface area contributed by atoms with Crippen LogP contribution >= 0.6 is 11.6 Å². The number of carbonyl (C=O) groups excluding carboxylic acids is 2. The van der Waals surface area contributed by atoms with Crippen molar-refractivity contribution in [2.75, 3.05) is 25.5 Å². The molecule has 26 heavy (non-hydrogen) atoms. The number of piperidine rings is 1. The van der Waals surface area contributed by atoms with Crippen LogP contribution in [0.5, 0.6) is 0 Å². The molecule has 140 valence electrons. The number of likely N-dealkylation sites (tertiary alicyclic amines) is 1. The molecule has 0 bridgehead atoms. The number of amides is 1. The Kier molecular flexibility index (Phi) is 5.53. The van der Waals surface area contributed by atoms with Gasteiger partial charge in [-0.1, -0.05) is 18.5 Å². The van der Waals surface area contributed by atoms with Crippen molar-refractivity contribution in [3.8, 4) is 0 Å². The molecular formula is C19H24ClN3O3. The number of benzene rings is 1. The first-order chi connectivity index (χ1) is 12.4. The standard InChI is InChI=1S/C19H24ClN3O3/c1-11-5-4-8-23(10-11)12(2)18(24)22-16-14-9-13(20)6-7-15(14)21-17(16)19(25)26-3/h6-7,9,11-12,21H,4-5,8,10H2,1-3H3,(H,22,24)/t11-,12-/m1/s1. The van der Waals surface area contributed by atoms with Crippen molar-refractivity contribution in [2.24, 2.45) is 5.92 Å². The maximum Gasteiger partial charge on any atom is 0.356 e. The molecular weight excluding hydrogens is 354 g/mol. The number of nitrogens with one attached hydrogen (secondary N) is 2. The molecule has 0 unspecified atom stereocenters. The fraction of sp³-hybridized carbons (Fsp3) is 0.474. The summed E-state index contributed by atoms with van der Waals surface area (Å²) in [5.74, 6) is -0.103. The smallest absolute Gasteiger partial charge is 0.356 e. The van der Waals surface area contributed by atoms with Crippen LogP contribution in [-0.2, 0) is 9.53 Å². The number of H-pyrrole nitrogens is 1. The van der Waals surface area contributed by atoms with Gasteiger partial charge in [0.05, 0.1) is 18.8 Å². The summed E-state index contributed by atoms with van der Waals surface area (Å²) in [4.78, 5) is 30.2. The second-order valence-electron chi connectivity index (χ2n) is 6.96. The SMILES string of the molecule is COC(=O)c1[nH]c2ccc(Cl)cc2c1NC(=O)[C@@H](C)N1CCC[C@@H](C)C1. The topological polar surface area (TPSA) is 74.4 Å². The number of anilines is 1. The third-order valence-electron chi connectivity index (χ3n) is 5.01. The molecule has 1 saturated heterocycles. The quantitative estimate of drug-likeness (QED) is 0.797. The molecule has 0 radical (unpaired) electrons. The summed E-state index contributed by atoms with van der Waals surface area (Å²) in [6, 6.07) is 4.94. The van der Waals surface area contributed by atoms with Gasteiger partial charge >= 0.3 is 5.97 Å². The van der Waals surface area contributed by atoms with Crippen LogP contribution in [0.2, 0.25) is 5.02 Å². The molecule has 7 heteroatoms. The summed E-state index contributed by atoms with van der Waals surface area (Å²) in [5, 5.41) is 4.13. The van der Waals surface area contributed by atoms with Crippen molar-refractivity contribution in [3.63, 3.8) is 0 Å². The van der Waals surface area contributed by atoms with Gasteiger partial charge in [-0.05, 0) is 50.4 Å². The first-order valence-corrected chi connectivity index (χ1v) is 9.23. The average Bonchev–Trinajstić information content (AvgIpc) is 2.98. The fourth-order valence-electron chi connectivity index (χ4n) is 3.52. The molecule has 6 nitrogen and oxygen atoms in total. The number of rotatable bonds is 4. The summed E-state index contributed by atoms with van der Waals surface area (Å²) >= 11 is 6.10. The van der Waals surface area contributed by atoms with Crippen LogP contribution in [0.4, 0.5) is 5.69 Å². The van der Waals surface area contributed by atoms with E-state index in [4.69, 9.17) is 16.3 Å². The van der Waals surface area contributed by atoms with Gasteiger partial charge in [-0.15, -0.1) is 0 Å². The van der Waals surface area contributed by atoms with Gasteiger partial charge < -0.3 is 15.0 Å². The maximum atomic E-state index is 12.9. The van der Waals surface area contributed by atoms with Gasteiger partial charge in [-0.2, -0.15) is 0 Å². The van der Waals surface area contributed by atoms with Gasteiger partial charge in [0.15, 0.2) is 0 Å². The number of aromatic amines is 1. The molecule has 2 aromatic rings. The van der Waals surface area contributed by atoms with Crippen molar-refractivity contribution >= 4 is 40.1 Å². The number of fused-ring (bicyclic) bond motifs is 1. The number of nitrogens with zero attached hydrogens (tertiary/aromatic N) is 1. The van der Waals surface area contributed by atoms with E-state index in [-0.39, 0.29) is 17.6 Å². The lowest BCUT2D eigenvalue weighted by Gasteiger charge is -2.34. The number of methoxy groups -OCH3 is 1. The molecule has 1 aliphatic rings. The van der Waals surface area contributed by atoms with Gasteiger partial charge in [0.25, 0.3) is 0 Å². The largest absolute Gasteiger partial charge is 0.464 e. The summed E-state index contributed by atoms with van der Waals surface area (Å²) in [7, 11) is 1.31. The van der Waals surface area contributed by atoms with Crippen LogP contribution in [0.3, 0.4) is 0 Å². The zero-order valence-electron chi connectivity index (χ0n) is 15.3. The van der Waals surface area contributed by atoms with Crippen LogP contribution in [0.1, 0.15) is 37.2 Å². The molecule has 1 aromatic carbocycles. The number of hydrogen-bond donors (Lipinski definition) is 2. The van der Waals surface area contributed by atoms with Crippen molar-refractivity contribution in [1.29, 1.82) is 0 Å². The van der Waals surface area contributed by atoms with Crippen molar-refractivity contribution in [2.45, 2.75) is 32.7 Å². The minimum absolute atomic E-state index is 0.148. The Morgan fingerprint density at radius 3 is 2.88 bits per heavy atom. The van der Waals surface area contributed by atoms with E-state index in [0.717, 1.165) is 19.5 Å². The summed E-state index contributed by atoms with van der Waals surface area (Å²) in [6.45, 7) is 5.90. The zero-order valence-corrected chi connectivity index (χ0v) is 16.0. The Balaban J connectivity index is 1.90. The molecule has 1 fully saturated rings. The number of halogens is 1. The predicted molar refractivity (Wildman–Crippen MR) is 103 cm³/mol. The van der Waals surface area contributed by atoms with E-state index in [2.05, 4.69) is 22.1 Å². The zero-order chi connectivity index (χ0) is 18.8. The Hall–Kier alpha value is -2.05. The molecule has 2 N–H and O–H groups in total. The minimum Gasteiger partial charge on any atom is -0.464 e. The summed E-state index contributed by atoms with van der Waals surface area (Å²) in [6.07, 6.45) is 2.28. The molecule has 3 rings (SSSR count). The highest BCUT2D eigenvalue weighted by Gasteiger charge is 2.28. The van der Waals surface area contributed by atoms with E-state index in [1.165, 1.54) is 13.5 Å². The number of esters is 1. The Morgan fingerprint density at radius 1 is 1.42 bits per heavy atom. The molecule has 0 saturated carbocycles. The average molecular weight is 378 g/mol. The number of ether oxygens (including phenoxy) is 1. The summed E-state index contributed by atoms with van der Waals surface area (Å²) < 4.78 is 4.84. The highest BCUT2D eigenvalue weighted by Crippen LogP contribution is 2.31. The van der Waals surface area contributed by atoms with Crippen molar-refractivity contribution in [3.05, 3.63) is 28.9 Å². The van der Waals surface area contributed by atoms with E-state index >= 15 is 0 Å². The lowest BCUT2D eigenvalue weighted by Crippen LogP contribution is -2.46. The monoisotopic (exact) mass is 377 g/mol. The Labute approximate surface area is 157 Å². The first kappa shape index (κ1) is 18.7. The normalized spacial score (nSPS) is 19.3. The number of hydrogen-bond acceptors (Lipinski definition) is 4. The van der Waals surface area contributed by atoms with Gasteiger partial charge in [-0.25, -0.2) is 4.79 Å². The van der Waals surface area contributed by atoms with Crippen molar-refractivity contribution < 1.29 is 14.3 Å². The van der Waals surface area contributed by atoms with E-state index in [1.54, 1.807) is 18.2 Å². The molecule has 2 atom stereocenters. The predicted octanol–water partition coefficient (Wildman–Crippen LogP) is 3.67. The summed E-state index contributed by atoms with van der Waals surface area (Å²) in [5.41, 5.74) is 1.35. The van der Waals surface area contributed by atoms with Crippen LogP contribution < -0.4 is 5.32 Å². The third kappa shape index (κ3) is 3.71. The van der Waals surface area contributed by atoms with Gasteiger partial charge in [0.1, 0.15) is 5.69 Å². The second kappa shape index (κ2) is 7.68. The van der Waals surface area contributed by atoms with E-state index in [0.29, 0.717) is 27.5 Å². The van der Waals surface area contributed by atoms with Crippen LogP contribution in [0.15, 0.2) is 18.2 Å². The highest BCUT2D eigenvalue weighted by atomic mass is 35.5. The number of carbonyl (C=O) groups is 2. The minimum atomic E-state index is -0.535. The molecule has 0 spiro atoms. The van der Waals surface area contributed by atoms with Gasteiger partial charge in [0, 0.05) is 22.5 Å².